The molecule has 1 unspecified atom stereocenters. The third-order valence-electron chi connectivity index (χ3n) is 4.18. The molecule has 2 aromatic rings. The Hall–Kier alpha value is -2.96. The van der Waals surface area contributed by atoms with Crippen molar-refractivity contribution in [3.63, 3.8) is 0 Å². The lowest BCUT2D eigenvalue weighted by Crippen LogP contribution is -2.45. The minimum absolute atomic E-state index is 0.0652. The predicted octanol–water partition coefficient (Wildman–Crippen LogP) is 4.46. The van der Waals surface area contributed by atoms with Crippen LogP contribution in [0.5, 0.6) is 0 Å². The van der Waals surface area contributed by atoms with Crippen LogP contribution in [0.3, 0.4) is 0 Å². The molecule has 4 nitrogen and oxygen atoms in total. The second-order valence-corrected chi connectivity index (χ2v) is 6.48. The number of benzene rings is 2. The second kappa shape index (κ2) is 6.98. The fourth-order valence-corrected chi connectivity index (χ4v) is 2.92. The maximum absolute atomic E-state index is 13.0. The van der Waals surface area contributed by atoms with Gasteiger partial charge in [0.05, 0.1) is 17.2 Å². The van der Waals surface area contributed by atoms with Crippen LogP contribution < -0.4 is 4.90 Å². The molecule has 2 amide bonds. The van der Waals surface area contributed by atoms with E-state index in [0.29, 0.717) is 5.56 Å². The number of aliphatic imine (C=N–C) groups is 1. The molecule has 3 rings (SSSR count). The van der Waals surface area contributed by atoms with E-state index in [2.05, 4.69) is 4.99 Å². The van der Waals surface area contributed by atoms with Crippen LogP contribution in [-0.2, 0) is 11.0 Å². The summed E-state index contributed by atoms with van der Waals surface area (Å²) in [5.41, 5.74) is -0.265. The smallest absolute Gasteiger partial charge is 0.294 e. The molecule has 0 aromatic heterocycles. The molecule has 1 aliphatic rings. The van der Waals surface area contributed by atoms with Gasteiger partial charge in [0.15, 0.2) is 0 Å². The topological polar surface area (TPSA) is 49.7 Å². The molecule has 0 N–H and O–H groups in total. The second-order valence-electron chi connectivity index (χ2n) is 6.48. The number of hydrogen-bond acceptors (Lipinski definition) is 3. The lowest BCUT2D eigenvalue weighted by atomic mass is 9.88. The van der Waals surface area contributed by atoms with E-state index >= 15 is 0 Å². The monoisotopic (exact) mass is 374 g/mol. The van der Waals surface area contributed by atoms with Gasteiger partial charge in [0.1, 0.15) is 0 Å². The SMILES string of the molecule is CC(C)N=CC1C(=O)N(c2cccc(C(F)(F)F)c2)C(=O)c2ccccc21. The Labute approximate surface area is 154 Å². The number of anilines is 1. The number of alkyl halides is 3. The van der Waals surface area contributed by atoms with Crippen LogP contribution in [0.15, 0.2) is 53.5 Å². The molecule has 0 saturated heterocycles. The van der Waals surface area contributed by atoms with Crippen molar-refractivity contribution in [1.82, 2.24) is 0 Å². The molecule has 1 aliphatic heterocycles. The van der Waals surface area contributed by atoms with E-state index in [0.717, 1.165) is 17.0 Å². The maximum atomic E-state index is 13.0. The Balaban J connectivity index is 2.12. The zero-order valence-corrected chi connectivity index (χ0v) is 14.7. The van der Waals surface area contributed by atoms with Gasteiger partial charge >= 0.3 is 6.18 Å². The van der Waals surface area contributed by atoms with Crippen LogP contribution >= 0.6 is 0 Å². The number of carbonyl (C=O) groups is 2. The first-order valence-corrected chi connectivity index (χ1v) is 8.38. The van der Waals surface area contributed by atoms with E-state index in [9.17, 15) is 22.8 Å². The zero-order chi connectivity index (χ0) is 19.8. The molecule has 0 fully saturated rings. The van der Waals surface area contributed by atoms with Gasteiger partial charge < -0.3 is 0 Å². The molecule has 0 bridgehead atoms. The van der Waals surface area contributed by atoms with E-state index in [4.69, 9.17) is 0 Å². The summed E-state index contributed by atoms with van der Waals surface area (Å²) in [4.78, 5) is 30.9. The van der Waals surface area contributed by atoms with Gasteiger partial charge in [-0.15, -0.1) is 0 Å². The van der Waals surface area contributed by atoms with Crippen molar-refractivity contribution in [1.29, 1.82) is 0 Å². The minimum atomic E-state index is -4.58. The van der Waals surface area contributed by atoms with Crippen LogP contribution in [0, 0.1) is 0 Å². The molecule has 2 aromatic carbocycles. The van der Waals surface area contributed by atoms with Gasteiger partial charge in [0.2, 0.25) is 5.91 Å². The van der Waals surface area contributed by atoms with Crippen LogP contribution in [0.25, 0.3) is 0 Å². The summed E-state index contributed by atoms with van der Waals surface area (Å²) in [5, 5.41) is 0. The predicted molar refractivity (Wildman–Crippen MR) is 96.1 cm³/mol. The zero-order valence-electron chi connectivity index (χ0n) is 14.7. The molecule has 7 heteroatoms. The third-order valence-corrected chi connectivity index (χ3v) is 4.18. The van der Waals surface area contributed by atoms with Crippen LogP contribution in [0.2, 0.25) is 0 Å². The van der Waals surface area contributed by atoms with E-state index < -0.39 is 29.5 Å². The molecule has 0 radical (unpaired) electrons. The molecule has 0 saturated carbocycles. The Morgan fingerprint density at radius 1 is 1.07 bits per heavy atom. The number of halogens is 3. The number of carbonyl (C=O) groups excluding carboxylic acids is 2. The van der Waals surface area contributed by atoms with Crippen molar-refractivity contribution in [2.45, 2.75) is 32.0 Å². The highest BCUT2D eigenvalue weighted by Crippen LogP contribution is 2.35. The van der Waals surface area contributed by atoms with Crippen molar-refractivity contribution in [3.8, 4) is 0 Å². The largest absolute Gasteiger partial charge is 0.416 e. The quantitative estimate of drug-likeness (QED) is 0.589. The Kier molecular flexibility index (Phi) is 4.87. The molecule has 27 heavy (non-hydrogen) atoms. The minimum Gasteiger partial charge on any atom is -0.294 e. The average Bonchev–Trinajstić information content (AvgIpc) is 2.61. The van der Waals surface area contributed by atoms with E-state index in [-0.39, 0.29) is 17.3 Å². The summed E-state index contributed by atoms with van der Waals surface area (Å²) in [6.07, 6.45) is -3.12. The van der Waals surface area contributed by atoms with Gasteiger partial charge in [0, 0.05) is 17.8 Å². The fourth-order valence-electron chi connectivity index (χ4n) is 2.92. The van der Waals surface area contributed by atoms with Crippen molar-refractivity contribution in [3.05, 3.63) is 65.2 Å². The highest BCUT2D eigenvalue weighted by molar-refractivity contribution is 6.29. The summed E-state index contributed by atoms with van der Waals surface area (Å²) >= 11 is 0. The van der Waals surface area contributed by atoms with E-state index in [1.165, 1.54) is 18.3 Å². The molecule has 0 spiro atoms. The van der Waals surface area contributed by atoms with Crippen molar-refractivity contribution >= 4 is 23.7 Å². The van der Waals surface area contributed by atoms with Gasteiger partial charge in [-0.25, -0.2) is 4.90 Å². The van der Waals surface area contributed by atoms with E-state index in [1.807, 2.05) is 13.8 Å². The fraction of sp³-hybridized carbons (Fsp3) is 0.250. The number of fused-ring (bicyclic) bond motifs is 1. The van der Waals surface area contributed by atoms with Crippen molar-refractivity contribution in [2.75, 3.05) is 4.90 Å². The molecular formula is C20H17F3N2O2. The molecule has 140 valence electrons. The van der Waals surface area contributed by atoms with Gasteiger partial charge in [-0.05, 0) is 43.7 Å². The highest BCUT2D eigenvalue weighted by Gasteiger charge is 2.39. The van der Waals surface area contributed by atoms with Gasteiger partial charge in [0.25, 0.3) is 5.91 Å². The first-order valence-electron chi connectivity index (χ1n) is 8.38. The highest BCUT2D eigenvalue weighted by atomic mass is 19.4. The Morgan fingerprint density at radius 2 is 1.78 bits per heavy atom. The normalized spacial score (nSPS) is 17.7. The first-order chi connectivity index (χ1) is 12.7. The standard InChI is InChI=1S/C20H17F3N2O2/c1-12(2)24-11-17-15-8-3-4-9-16(15)18(26)25(19(17)27)14-7-5-6-13(10-14)20(21,22)23/h3-12,17H,1-2H3. The van der Waals surface area contributed by atoms with E-state index in [1.54, 1.807) is 24.3 Å². The van der Waals surface area contributed by atoms with Crippen molar-refractivity contribution < 1.29 is 22.8 Å². The number of hydrogen-bond donors (Lipinski definition) is 0. The summed E-state index contributed by atoms with van der Waals surface area (Å²) < 4.78 is 39.1. The number of nitrogens with zero attached hydrogens (tertiary/aromatic N) is 2. The average molecular weight is 374 g/mol. The molecule has 0 aliphatic carbocycles. The first kappa shape index (κ1) is 18.8. The number of amides is 2. The Bertz CT molecular complexity index is 919. The number of rotatable bonds is 3. The summed E-state index contributed by atoms with van der Waals surface area (Å²) in [6, 6.07) is 10.7. The lowest BCUT2D eigenvalue weighted by molar-refractivity contribution is -0.137. The lowest BCUT2D eigenvalue weighted by Gasteiger charge is -2.31. The summed E-state index contributed by atoms with van der Waals surface area (Å²) in [7, 11) is 0. The molecule has 1 atom stereocenters. The molecular weight excluding hydrogens is 357 g/mol. The Morgan fingerprint density at radius 3 is 2.44 bits per heavy atom. The maximum Gasteiger partial charge on any atom is 0.416 e. The third kappa shape index (κ3) is 3.63. The van der Waals surface area contributed by atoms with Gasteiger partial charge in [-0.1, -0.05) is 24.3 Å². The van der Waals surface area contributed by atoms with Crippen LogP contribution in [0.4, 0.5) is 18.9 Å². The van der Waals surface area contributed by atoms with Crippen LogP contribution in [-0.4, -0.2) is 24.1 Å². The molecule has 1 heterocycles. The number of imide groups is 1. The summed E-state index contributed by atoms with van der Waals surface area (Å²) in [6.45, 7) is 3.68. The summed E-state index contributed by atoms with van der Waals surface area (Å²) in [5.74, 6) is -2.11. The van der Waals surface area contributed by atoms with Gasteiger partial charge in [-0.2, -0.15) is 13.2 Å². The van der Waals surface area contributed by atoms with Gasteiger partial charge in [-0.3, -0.25) is 14.6 Å². The van der Waals surface area contributed by atoms with Crippen molar-refractivity contribution in [2.24, 2.45) is 4.99 Å². The van der Waals surface area contributed by atoms with Crippen LogP contribution in [0.1, 0.15) is 41.3 Å².